The van der Waals surface area contributed by atoms with Crippen molar-refractivity contribution in [3.8, 4) is 0 Å². The van der Waals surface area contributed by atoms with Gasteiger partial charge in [0.15, 0.2) is 0 Å². The van der Waals surface area contributed by atoms with Crippen molar-refractivity contribution < 1.29 is 14.6 Å². The lowest BCUT2D eigenvalue weighted by molar-refractivity contribution is 0.0685. The Morgan fingerprint density at radius 2 is 2.06 bits per heavy atom. The third-order valence-corrected chi connectivity index (χ3v) is 3.19. The molecule has 0 bridgehead atoms. The standard InChI is InChI=1S/C13H26N2O3/c1-4-18-12(16)15-9-5-11(6-10-15)14-8-7-13(2,3)17/h11,14,17H,4-10H2,1-3H3. The normalized spacial score (nSPS) is 17.9. The topological polar surface area (TPSA) is 61.8 Å². The summed E-state index contributed by atoms with van der Waals surface area (Å²) >= 11 is 0. The van der Waals surface area contributed by atoms with Gasteiger partial charge in [0.1, 0.15) is 0 Å². The van der Waals surface area contributed by atoms with Crippen LogP contribution in [0.1, 0.15) is 40.0 Å². The van der Waals surface area contributed by atoms with E-state index in [1.165, 1.54) is 0 Å². The van der Waals surface area contributed by atoms with Crippen LogP contribution in [0.15, 0.2) is 0 Å². The molecule has 1 heterocycles. The van der Waals surface area contributed by atoms with Crippen LogP contribution in [0.2, 0.25) is 0 Å². The predicted octanol–water partition coefficient (Wildman–Crippen LogP) is 1.36. The monoisotopic (exact) mass is 258 g/mol. The fourth-order valence-corrected chi connectivity index (χ4v) is 2.06. The molecule has 1 aliphatic heterocycles. The van der Waals surface area contributed by atoms with E-state index in [2.05, 4.69) is 5.32 Å². The first kappa shape index (κ1) is 15.2. The van der Waals surface area contributed by atoms with E-state index in [0.29, 0.717) is 12.6 Å². The molecule has 0 atom stereocenters. The molecule has 0 aromatic carbocycles. The maximum absolute atomic E-state index is 11.5. The van der Waals surface area contributed by atoms with E-state index in [4.69, 9.17) is 4.74 Å². The second-order valence-electron chi connectivity index (χ2n) is 5.48. The number of carbonyl (C=O) groups excluding carboxylic acids is 1. The molecule has 2 N–H and O–H groups in total. The molecule has 0 unspecified atom stereocenters. The lowest BCUT2D eigenvalue weighted by Gasteiger charge is -2.32. The van der Waals surface area contributed by atoms with Crippen LogP contribution in [0.4, 0.5) is 4.79 Å². The Bertz CT molecular complexity index is 255. The quantitative estimate of drug-likeness (QED) is 0.781. The average molecular weight is 258 g/mol. The Hall–Kier alpha value is -0.810. The Balaban J connectivity index is 2.17. The van der Waals surface area contributed by atoms with E-state index in [0.717, 1.165) is 38.9 Å². The molecule has 106 valence electrons. The van der Waals surface area contributed by atoms with Gasteiger partial charge in [0, 0.05) is 19.1 Å². The van der Waals surface area contributed by atoms with Crippen molar-refractivity contribution in [1.29, 1.82) is 0 Å². The number of ether oxygens (including phenoxy) is 1. The number of hydrogen-bond donors (Lipinski definition) is 2. The zero-order valence-electron chi connectivity index (χ0n) is 11.7. The Morgan fingerprint density at radius 1 is 1.44 bits per heavy atom. The number of piperidine rings is 1. The number of amides is 1. The summed E-state index contributed by atoms with van der Waals surface area (Å²) in [6.45, 7) is 8.20. The number of nitrogens with one attached hydrogen (secondary N) is 1. The van der Waals surface area contributed by atoms with Crippen molar-refractivity contribution in [1.82, 2.24) is 10.2 Å². The molecule has 1 rings (SSSR count). The van der Waals surface area contributed by atoms with Gasteiger partial charge < -0.3 is 20.1 Å². The molecule has 0 aromatic rings. The first-order chi connectivity index (χ1) is 8.42. The van der Waals surface area contributed by atoms with E-state index in [1.807, 2.05) is 20.8 Å². The molecule has 18 heavy (non-hydrogen) atoms. The summed E-state index contributed by atoms with van der Waals surface area (Å²) < 4.78 is 4.98. The first-order valence-electron chi connectivity index (χ1n) is 6.80. The fourth-order valence-electron chi connectivity index (χ4n) is 2.06. The molecule has 0 spiro atoms. The van der Waals surface area contributed by atoms with Crippen LogP contribution in [0, 0.1) is 0 Å². The molecule has 1 saturated heterocycles. The highest BCUT2D eigenvalue weighted by Gasteiger charge is 2.23. The molecule has 1 amide bonds. The summed E-state index contributed by atoms with van der Waals surface area (Å²) in [5.41, 5.74) is -0.612. The molecule has 1 aliphatic rings. The van der Waals surface area contributed by atoms with E-state index in [9.17, 15) is 9.90 Å². The van der Waals surface area contributed by atoms with Crippen LogP contribution in [0.25, 0.3) is 0 Å². The van der Waals surface area contributed by atoms with E-state index >= 15 is 0 Å². The minimum absolute atomic E-state index is 0.201. The predicted molar refractivity (Wildman–Crippen MR) is 70.5 cm³/mol. The average Bonchev–Trinajstić information content (AvgIpc) is 2.28. The molecule has 5 heteroatoms. The molecule has 0 saturated carbocycles. The van der Waals surface area contributed by atoms with Crippen molar-refractivity contribution in [2.45, 2.75) is 51.7 Å². The minimum Gasteiger partial charge on any atom is -0.450 e. The molecule has 5 nitrogen and oxygen atoms in total. The second kappa shape index (κ2) is 6.95. The number of rotatable bonds is 5. The number of carbonyl (C=O) groups is 1. The van der Waals surface area contributed by atoms with Gasteiger partial charge in [0.25, 0.3) is 0 Å². The summed E-state index contributed by atoms with van der Waals surface area (Å²) in [7, 11) is 0. The van der Waals surface area contributed by atoms with Crippen LogP contribution in [0.5, 0.6) is 0 Å². The maximum atomic E-state index is 11.5. The van der Waals surface area contributed by atoms with Gasteiger partial charge in [-0.05, 0) is 46.6 Å². The molecular weight excluding hydrogens is 232 g/mol. The van der Waals surface area contributed by atoms with Crippen molar-refractivity contribution in [3.63, 3.8) is 0 Å². The molecule has 0 aromatic heterocycles. The molecule has 1 fully saturated rings. The summed E-state index contributed by atoms with van der Waals surface area (Å²) in [5.74, 6) is 0. The zero-order valence-corrected chi connectivity index (χ0v) is 11.7. The van der Waals surface area contributed by atoms with Crippen LogP contribution in [-0.4, -0.2) is 54.0 Å². The number of nitrogens with zero attached hydrogens (tertiary/aromatic N) is 1. The summed E-state index contributed by atoms with van der Waals surface area (Å²) in [6.07, 6.45) is 2.44. The Kier molecular flexibility index (Phi) is 5.88. The van der Waals surface area contributed by atoms with Gasteiger partial charge in [0.05, 0.1) is 12.2 Å². The number of likely N-dealkylation sites (tertiary alicyclic amines) is 1. The van der Waals surface area contributed by atoms with E-state index in [-0.39, 0.29) is 6.09 Å². The van der Waals surface area contributed by atoms with Gasteiger partial charge in [-0.15, -0.1) is 0 Å². The van der Waals surface area contributed by atoms with Crippen LogP contribution in [0.3, 0.4) is 0 Å². The molecular formula is C13H26N2O3. The smallest absolute Gasteiger partial charge is 0.409 e. The van der Waals surface area contributed by atoms with Gasteiger partial charge in [-0.1, -0.05) is 0 Å². The third kappa shape index (κ3) is 5.69. The largest absolute Gasteiger partial charge is 0.450 e. The van der Waals surface area contributed by atoms with Gasteiger partial charge in [-0.2, -0.15) is 0 Å². The lowest BCUT2D eigenvalue weighted by atomic mass is 10.0. The van der Waals surface area contributed by atoms with Crippen molar-refractivity contribution in [3.05, 3.63) is 0 Å². The Morgan fingerprint density at radius 3 is 2.56 bits per heavy atom. The minimum atomic E-state index is -0.612. The zero-order chi connectivity index (χ0) is 13.6. The molecule has 0 aliphatic carbocycles. The molecule has 0 radical (unpaired) electrons. The highest BCUT2D eigenvalue weighted by Crippen LogP contribution is 2.12. The second-order valence-corrected chi connectivity index (χ2v) is 5.48. The summed E-state index contributed by atoms with van der Waals surface area (Å²) in [4.78, 5) is 13.3. The van der Waals surface area contributed by atoms with Gasteiger partial charge >= 0.3 is 6.09 Å². The van der Waals surface area contributed by atoms with Crippen molar-refractivity contribution >= 4 is 6.09 Å². The van der Waals surface area contributed by atoms with Crippen LogP contribution in [-0.2, 0) is 4.74 Å². The van der Waals surface area contributed by atoms with E-state index in [1.54, 1.807) is 4.90 Å². The lowest BCUT2D eigenvalue weighted by Crippen LogP contribution is -2.45. The van der Waals surface area contributed by atoms with Gasteiger partial charge in [-0.25, -0.2) is 4.79 Å². The number of hydrogen-bond acceptors (Lipinski definition) is 4. The Labute approximate surface area is 109 Å². The third-order valence-electron chi connectivity index (χ3n) is 3.19. The van der Waals surface area contributed by atoms with Crippen molar-refractivity contribution in [2.75, 3.05) is 26.2 Å². The number of aliphatic hydroxyl groups is 1. The van der Waals surface area contributed by atoms with E-state index < -0.39 is 5.60 Å². The fraction of sp³-hybridized carbons (Fsp3) is 0.923. The van der Waals surface area contributed by atoms with Gasteiger partial charge in [-0.3, -0.25) is 0 Å². The maximum Gasteiger partial charge on any atom is 0.409 e. The summed E-state index contributed by atoms with van der Waals surface area (Å²) in [6, 6.07) is 0.443. The van der Waals surface area contributed by atoms with Crippen LogP contribution >= 0.6 is 0 Å². The van der Waals surface area contributed by atoms with Crippen molar-refractivity contribution in [2.24, 2.45) is 0 Å². The summed E-state index contributed by atoms with van der Waals surface area (Å²) in [5, 5.41) is 13.0. The highest BCUT2D eigenvalue weighted by atomic mass is 16.6. The SMILES string of the molecule is CCOC(=O)N1CCC(NCCC(C)(C)O)CC1. The van der Waals surface area contributed by atoms with Crippen LogP contribution < -0.4 is 5.32 Å². The first-order valence-corrected chi connectivity index (χ1v) is 6.80. The highest BCUT2D eigenvalue weighted by molar-refractivity contribution is 5.67. The van der Waals surface area contributed by atoms with Gasteiger partial charge in [0.2, 0.25) is 0 Å².